The molecule has 0 aromatic carbocycles. The molecule has 164 valence electrons. The lowest BCUT2D eigenvalue weighted by molar-refractivity contribution is -0.303. The van der Waals surface area contributed by atoms with Crippen LogP contribution in [-0.2, 0) is 18.9 Å². The predicted octanol–water partition coefficient (Wildman–Crippen LogP) is 2.88. The van der Waals surface area contributed by atoms with E-state index in [4.69, 9.17) is 21.6 Å². The van der Waals surface area contributed by atoms with Gasteiger partial charge in [-0.05, 0) is 27.0 Å². The average molecular weight is 455 g/mol. The second-order valence-electron chi connectivity index (χ2n) is 8.25. The van der Waals surface area contributed by atoms with E-state index < -0.39 is 0 Å². The van der Waals surface area contributed by atoms with Gasteiger partial charge in [0.05, 0.1) is 31.0 Å². The molecule has 2 aliphatic heterocycles. The Hall–Kier alpha value is 1.14. The molecule has 0 aromatic rings. The number of hydrogen-bond acceptors (Lipinski definition) is 6. The van der Waals surface area contributed by atoms with Gasteiger partial charge >= 0.3 is 6.64 Å². The van der Waals surface area contributed by atoms with E-state index in [1.54, 1.807) is 0 Å². The van der Waals surface area contributed by atoms with Crippen LogP contribution in [0.5, 0.6) is 0 Å². The van der Waals surface area contributed by atoms with Crippen LogP contribution in [0.2, 0.25) is 6.82 Å². The summed E-state index contributed by atoms with van der Waals surface area (Å²) >= 11 is 3.60. The summed E-state index contributed by atoms with van der Waals surface area (Å²) in [5.74, 6) is 1.37. The van der Waals surface area contributed by atoms with Crippen molar-refractivity contribution in [2.24, 2.45) is 23.7 Å². The zero-order valence-electron chi connectivity index (χ0n) is 20.3. The molecule has 12 unspecified atom stereocenters. The molecule has 1 N–H and O–H groups in total. The minimum atomic E-state index is -0.306. The van der Waals surface area contributed by atoms with Crippen molar-refractivity contribution in [3.05, 3.63) is 0 Å². The largest absolute Gasteiger partial charge is 0.426 e. The highest BCUT2D eigenvalue weighted by atomic mass is 32.1. The molecular weight excluding hydrogens is 412 g/mol. The van der Waals surface area contributed by atoms with Crippen molar-refractivity contribution in [3.63, 3.8) is 0 Å². The smallest absolute Gasteiger partial charge is 0.312 e. The fourth-order valence-corrected chi connectivity index (χ4v) is 4.19. The zero-order chi connectivity index (χ0) is 23.2. The Morgan fingerprint density at radius 1 is 1.11 bits per heavy atom. The molecule has 0 bridgehead atoms. The normalized spacial score (nSPS) is 44.6. The van der Waals surface area contributed by atoms with Crippen molar-refractivity contribution in [1.82, 2.24) is 0 Å². The first-order chi connectivity index (χ1) is 13.9. The Morgan fingerprint density at radius 2 is 1.71 bits per heavy atom. The molecule has 0 saturated carbocycles. The van der Waals surface area contributed by atoms with Crippen LogP contribution >= 0.6 is 30.7 Å². The lowest BCUT2D eigenvalue weighted by Crippen LogP contribution is -2.58. The van der Waals surface area contributed by atoms with Gasteiger partial charge < -0.3 is 24.0 Å². The highest BCUT2D eigenvalue weighted by molar-refractivity contribution is 8.20. The summed E-state index contributed by atoms with van der Waals surface area (Å²) in [5.41, 5.74) is 0. The van der Waals surface area contributed by atoms with Crippen LogP contribution < -0.4 is 0 Å². The second kappa shape index (κ2) is 12.9. The van der Waals surface area contributed by atoms with E-state index in [0.717, 1.165) is 0 Å². The molecule has 10 heteroatoms. The van der Waals surface area contributed by atoms with E-state index in [-0.39, 0.29) is 62.2 Å². The van der Waals surface area contributed by atoms with Crippen LogP contribution in [0.4, 0.5) is 0 Å². The van der Waals surface area contributed by atoms with Gasteiger partial charge in [-0.3, -0.25) is 0 Å². The van der Waals surface area contributed by atoms with Gasteiger partial charge in [0, 0.05) is 11.8 Å². The van der Waals surface area contributed by atoms with E-state index in [2.05, 4.69) is 70.4 Å². The average Bonchev–Trinajstić information content (AvgIpc) is 2.64. The highest BCUT2D eigenvalue weighted by Gasteiger charge is 2.47. The number of aliphatic hydroxyl groups is 1. The number of rotatable bonds is 6. The van der Waals surface area contributed by atoms with E-state index >= 15 is 0 Å². The highest BCUT2D eigenvalue weighted by Crippen LogP contribution is 2.38. The first kappa shape index (κ1) is 23.8. The minimum Gasteiger partial charge on any atom is -0.426 e. The Morgan fingerprint density at radius 3 is 2.25 bits per heavy atom. The second-order valence-corrected chi connectivity index (χ2v) is 10.4. The monoisotopic (exact) mass is 455 g/mol. The zero-order valence-corrected chi connectivity index (χ0v) is 21.5. The molecule has 28 heavy (non-hydrogen) atoms. The van der Waals surface area contributed by atoms with Gasteiger partial charge in [0.15, 0.2) is 6.29 Å². The quantitative estimate of drug-likeness (QED) is 0.367. The van der Waals surface area contributed by atoms with Crippen molar-refractivity contribution in [2.45, 2.75) is 85.2 Å². The summed E-state index contributed by atoms with van der Waals surface area (Å²) in [5, 5.41) is 4.59. The fraction of sp³-hybridized carbons (Fsp3) is 1.00. The van der Waals surface area contributed by atoms with Crippen molar-refractivity contribution >= 4 is 43.6 Å². The Bertz CT molecular complexity index is 501. The van der Waals surface area contributed by atoms with Crippen LogP contribution in [0.1, 0.15) is 41.5 Å². The summed E-state index contributed by atoms with van der Waals surface area (Å²) in [6.07, 6.45) is -1.14. The lowest BCUT2D eigenvalue weighted by Gasteiger charge is -2.49. The van der Waals surface area contributed by atoms with Crippen molar-refractivity contribution in [3.8, 4) is 0 Å². The number of ether oxygens (including phenoxy) is 3. The van der Waals surface area contributed by atoms with Gasteiger partial charge in [-0.25, -0.2) is 12.5 Å². The first-order valence-electron chi connectivity index (χ1n) is 11.2. The minimum absolute atomic E-state index is 0.000938. The van der Waals surface area contributed by atoms with E-state index in [0.29, 0.717) is 17.8 Å². The van der Waals surface area contributed by atoms with Crippen LogP contribution in [0.15, 0.2) is 0 Å². The summed E-state index contributed by atoms with van der Waals surface area (Å²) < 4.78 is 38.5. The molecule has 2 heterocycles. The maximum absolute atomic E-state index is 7.07. The molecule has 2 fully saturated rings. The van der Waals surface area contributed by atoms with Gasteiger partial charge in [-0.2, -0.15) is 9.12 Å². The summed E-state index contributed by atoms with van der Waals surface area (Å²) in [6.45, 7) is 15.1. The van der Waals surface area contributed by atoms with Gasteiger partial charge in [-0.1, -0.05) is 34.5 Å². The standard InChI is InChI=1S/C18H36BO5P.BH4PS/c1-9-10(2)13(5)22-18(11(9)3)23-17-14(6)21-15(8-20)12(4)16(17)24-19(7)25;2-1-3/h9-18,20H,8,25H2,1-7H3;1,3H,2H2/i20T;1D. The van der Waals surface area contributed by atoms with Crippen molar-refractivity contribution in [2.75, 3.05) is 6.61 Å². The molecule has 2 aliphatic rings. The Kier molecular flexibility index (Phi) is 10.9. The van der Waals surface area contributed by atoms with Crippen LogP contribution in [0, 0.1) is 23.7 Å². The Labute approximate surface area is 186 Å². The molecule has 2 saturated heterocycles. The van der Waals surface area contributed by atoms with Gasteiger partial charge in [0.25, 0.3) is 0 Å². The molecule has 12 atom stereocenters. The van der Waals surface area contributed by atoms with Crippen molar-refractivity contribution in [1.29, 1.82) is 2.77 Å². The van der Waals surface area contributed by atoms with E-state index in [9.17, 15) is 0 Å². The number of aliphatic hydroxyl groups excluding tert-OH is 1. The number of thiol groups is 1. The molecule has 2 rings (SSSR count). The van der Waals surface area contributed by atoms with Crippen LogP contribution in [-0.4, -0.2) is 64.2 Å². The third-order valence-corrected chi connectivity index (χ3v) is 6.44. The van der Waals surface area contributed by atoms with Crippen LogP contribution in [0.25, 0.3) is 0 Å². The summed E-state index contributed by atoms with van der Waals surface area (Å²) in [7, 11) is 4.87. The van der Waals surface area contributed by atoms with Gasteiger partial charge in [-0.15, -0.1) is 9.12 Å². The van der Waals surface area contributed by atoms with Gasteiger partial charge in [0.1, 0.15) is 6.10 Å². The molecule has 0 aliphatic carbocycles. The molecule has 5 nitrogen and oxygen atoms in total. The van der Waals surface area contributed by atoms with Crippen molar-refractivity contribution < 1.29 is 24.0 Å². The molecule has 0 amide bonds. The number of hydrogen-bond donors (Lipinski definition) is 2. The third-order valence-electron chi connectivity index (χ3n) is 6.29. The topological polar surface area (TPSA) is 57.2 Å². The maximum Gasteiger partial charge on any atom is 0.312 e. The molecule has 0 aromatic heterocycles. The summed E-state index contributed by atoms with van der Waals surface area (Å²) in [4.78, 5) is 0. The fourth-order valence-electron chi connectivity index (χ4n) is 4.01. The van der Waals surface area contributed by atoms with Gasteiger partial charge in [0.2, 0.25) is 7.67 Å². The molecule has 0 spiro atoms. The summed E-state index contributed by atoms with van der Waals surface area (Å²) in [6, 6.07) is 0. The first-order valence-corrected chi connectivity index (χ1v) is 12.1. The predicted molar refractivity (Wildman–Crippen MR) is 129 cm³/mol. The van der Waals surface area contributed by atoms with Crippen LogP contribution in [0.3, 0.4) is 0 Å². The molecular formula is C18H40B2O5P2S. The third kappa shape index (κ3) is 7.09. The SMILES string of the molecule is [2H]B(P)S.[3H]OCC1OC(C)C(OC2OC(C)C(C)C(C)C2C)C(OB(C)P)C1C. The lowest BCUT2D eigenvalue weighted by atomic mass is 9.79. The van der Waals surface area contributed by atoms with E-state index in [1.165, 1.54) is 0 Å². The Balaban J connectivity index is 0.00000103. The maximum atomic E-state index is 7.07. The molecule has 0 radical (unpaired) electrons. The van der Waals surface area contributed by atoms with E-state index in [1.807, 2.05) is 13.7 Å².